The van der Waals surface area contributed by atoms with E-state index in [2.05, 4.69) is 75.3 Å². The normalized spacial score (nSPS) is 50.8. The van der Waals surface area contributed by atoms with Crippen molar-refractivity contribution in [2.45, 2.75) is 190 Å². The predicted molar refractivity (Wildman–Crippen MR) is 253 cm³/mol. The van der Waals surface area contributed by atoms with Crippen molar-refractivity contribution >= 4 is 23.3 Å². The molecule has 66 heavy (non-hydrogen) atoms. The van der Waals surface area contributed by atoms with E-state index in [1.54, 1.807) is 6.08 Å². The zero-order chi connectivity index (χ0) is 47.6. The fraction of sp³-hybridized carbons (Fsp3) is 0.724. The zero-order valence-corrected chi connectivity index (χ0v) is 42.3. The molecule has 0 saturated heterocycles. The van der Waals surface area contributed by atoms with E-state index in [0.717, 1.165) is 100 Å². The van der Waals surface area contributed by atoms with E-state index >= 15 is 0 Å². The molecule has 0 amide bonds. The molecule has 8 nitrogen and oxygen atoms in total. The molecule has 9 aliphatic carbocycles. The van der Waals surface area contributed by atoms with Crippen LogP contribution in [0.1, 0.15) is 188 Å². The van der Waals surface area contributed by atoms with Crippen molar-refractivity contribution in [3.05, 3.63) is 57.7 Å². The van der Waals surface area contributed by atoms with Crippen molar-refractivity contribution in [2.24, 2.45) is 67.0 Å². The standard InChI is InChI=1S/C58H76O8/c1-32-26-41-49(4,30-38(32)60)19-23-53(8)40-15-14-34-35(51(40,6)20-24-54(41,53)9)28-44(61)58(63)57(34,12)65-39-27-36-45(33(2)46(39)66-58)37(59)29-42-52(36,7)21-25-56(11)43-31-50(5,47(62)64-13)17-16-48(43,3)18-22-55(42,56)10/h14,27-29,32,40-41,43,63H,15-26,30-31H2,1-13H3/t32-,40+,41-,43-,48-,49+,50-,51+,52+,53-,54+,55-,56+,57+,58-/m1/s1. The van der Waals surface area contributed by atoms with Crippen molar-refractivity contribution in [1.29, 1.82) is 0 Å². The summed E-state index contributed by atoms with van der Waals surface area (Å²) < 4.78 is 19.3. The summed E-state index contributed by atoms with van der Waals surface area (Å²) in [5.41, 5.74) is 1.82. The molecule has 1 aromatic rings. The Labute approximate surface area is 393 Å². The molecule has 1 heterocycles. The highest BCUT2D eigenvalue weighted by Gasteiger charge is 2.73. The maximum atomic E-state index is 14.8. The van der Waals surface area contributed by atoms with E-state index in [1.165, 1.54) is 12.7 Å². The second-order valence-corrected chi connectivity index (χ2v) is 26.7. The molecule has 6 saturated carbocycles. The lowest BCUT2D eigenvalue weighted by Gasteiger charge is -2.71. The average Bonchev–Trinajstić information content (AvgIpc) is 3.25. The molecule has 6 fully saturated rings. The number of carbonyl (C=O) groups is 4. The summed E-state index contributed by atoms with van der Waals surface area (Å²) in [6, 6.07) is 2.03. The fourth-order valence-electron chi connectivity index (χ4n) is 19.0. The highest BCUT2D eigenvalue weighted by atomic mass is 16.7. The molecular weight excluding hydrogens is 825 g/mol. The predicted octanol–water partition coefficient (Wildman–Crippen LogP) is 11.9. The van der Waals surface area contributed by atoms with Crippen LogP contribution in [-0.4, -0.2) is 46.9 Å². The van der Waals surface area contributed by atoms with Gasteiger partial charge in [-0.05, 0) is 195 Å². The van der Waals surface area contributed by atoms with E-state index < -0.39 is 28.0 Å². The Bertz CT molecular complexity index is 2570. The monoisotopic (exact) mass is 901 g/mol. The van der Waals surface area contributed by atoms with Gasteiger partial charge in [0.25, 0.3) is 0 Å². The van der Waals surface area contributed by atoms with E-state index in [0.29, 0.717) is 35.0 Å². The maximum Gasteiger partial charge on any atom is 0.317 e. The Morgan fingerprint density at radius 3 is 2.11 bits per heavy atom. The fourth-order valence-corrected chi connectivity index (χ4v) is 19.0. The summed E-state index contributed by atoms with van der Waals surface area (Å²) in [5.74, 6) is -0.844. The third-order valence-electron chi connectivity index (χ3n) is 23.9. The molecule has 15 atom stereocenters. The number of allylic oxidation sites excluding steroid dienone is 3. The quantitative estimate of drug-likeness (QED) is 0.277. The van der Waals surface area contributed by atoms with Gasteiger partial charge < -0.3 is 19.3 Å². The number of aliphatic hydroxyl groups is 1. The molecule has 10 aliphatic rings. The van der Waals surface area contributed by atoms with Gasteiger partial charge in [0.05, 0.1) is 12.5 Å². The Hall–Kier alpha value is -3.52. The average molecular weight is 901 g/mol. The van der Waals surface area contributed by atoms with Crippen molar-refractivity contribution in [1.82, 2.24) is 0 Å². The number of Topliss-reactive ketones (excluding diaryl/α,β-unsaturated/α-hetero) is 1. The number of rotatable bonds is 1. The summed E-state index contributed by atoms with van der Waals surface area (Å²) in [5, 5.41) is 12.8. The van der Waals surface area contributed by atoms with Gasteiger partial charge in [0.2, 0.25) is 11.4 Å². The summed E-state index contributed by atoms with van der Waals surface area (Å²) in [4.78, 5) is 56.1. The topological polar surface area (TPSA) is 116 Å². The van der Waals surface area contributed by atoms with Crippen LogP contribution in [0, 0.1) is 73.9 Å². The van der Waals surface area contributed by atoms with Gasteiger partial charge in [-0.2, -0.15) is 0 Å². The first kappa shape index (κ1) is 45.0. The Morgan fingerprint density at radius 1 is 0.742 bits per heavy atom. The first-order chi connectivity index (χ1) is 30.6. The van der Waals surface area contributed by atoms with Gasteiger partial charge in [0.15, 0.2) is 17.3 Å². The Kier molecular flexibility index (Phi) is 8.86. The lowest BCUT2D eigenvalue weighted by molar-refractivity contribution is -0.234. The summed E-state index contributed by atoms with van der Waals surface area (Å²) in [6.07, 6.45) is 18.6. The molecule has 0 radical (unpaired) electrons. The first-order valence-electron chi connectivity index (χ1n) is 25.7. The van der Waals surface area contributed by atoms with E-state index in [-0.39, 0.29) is 73.2 Å². The van der Waals surface area contributed by atoms with E-state index in [9.17, 15) is 24.3 Å². The number of ketones is 3. The smallest absolute Gasteiger partial charge is 0.317 e. The van der Waals surface area contributed by atoms with Crippen LogP contribution in [0.15, 0.2) is 41.0 Å². The van der Waals surface area contributed by atoms with Gasteiger partial charge >= 0.3 is 11.8 Å². The maximum absolute atomic E-state index is 14.8. The van der Waals surface area contributed by atoms with Gasteiger partial charge in [-0.25, -0.2) is 0 Å². The lowest BCUT2D eigenvalue weighted by Crippen LogP contribution is -2.71. The molecule has 0 spiro atoms. The lowest BCUT2D eigenvalue weighted by atomic mass is 9.33. The highest BCUT2D eigenvalue weighted by molar-refractivity contribution is 6.10. The third-order valence-corrected chi connectivity index (χ3v) is 23.9. The summed E-state index contributed by atoms with van der Waals surface area (Å²) >= 11 is 0. The molecule has 11 rings (SSSR count). The number of esters is 1. The molecular formula is C58H76O8. The van der Waals surface area contributed by atoms with Gasteiger partial charge in [0, 0.05) is 34.5 Å². The number of carbonyl (C=O) groups excluding carboxylic acids is 4. The number of methoxy groups -OCH3 is 1. The van der Waals surface area contributed by atoms with Crippen LogP contribution in [-0.2, 0) is 24.5 Å². The summed E-state index contributed by atoms with van der Waals surface area (Å²) in [6.45, 7) is 27.3. The number of hydrogen-bond donors (Lipinski definition) is 1. The number of hydrogen-bond acceptors (Lipinski definition) is 8. The minimum Gasteiger partial charge on any atom is -0.471 e. The molecule has 356 valence electrons. The third kappa shape index (κ3) is 4.97. The van der Waals surface area contributed by atoms with Crippen molar-refractivity contribution in [2.75, 3.05) is 7.11 Å². The zero-order valence-electron chi connectivity index (χ0n) is 42.3. The van der Waals surface area contributed by atoms with Crippen molar-refractivity contribution in [3.63, 3.8) is 0 Å². The van der Waals surface area contributed by atoms with Crippen LogP contribution in [0.4, 0.5) is 0 Å². The van der Waals surface area contributed by atoms with Crippen LogP contribution in [0.5, 0.6) is 11.5 Å². The van der Waals surface area contributed by atoms with Crippen molar-refractivity contribution in [3.8, 4) is 11.5 Å². The molecule has 1 aromatic carbocycles. The van der Waals surface area contributed by atoms with Gasteiger partial charge in [0.1, 0.15) is 5.78 Å². The highest BCUT2D eigenvalue weighted by Crippen LogP contribution is 2.78. The Balaban J connectivity index is 0.967. The van der Waals surface area contributed by atoms with Crippen LogP contribution in [0.2, 0.25) is 0 Å². The minimum absolute atomic E-state index is 0.0115. The minimum atomic E-state index is -2.34. The number of ether oxygens (including phenoxy) is 3. The number of fused-ring (bicyclic) bond motifs is 17. The molecule has 0 bridgehead atoms. The van der Waals surface area contributed by atoms with Gasteiger partial charge in [-0.1, -0.05) is 68.4 Å². The summed E-state index contributed by atoms with van der Waals surface area (Å²) in [7, 11) is 1.51. The van der Waals surface area contributed by atoms with Crippen LogP contribution < -0.4 is 9.47 Å². The molecule has 1 aliphatic heterocycles. The number of benzene rings is 1. The van der Waals surface area contributed by atoms with Crippen molar-refractivity contribution < 1.29 is 38.5 Å². The first-order valence-corrected chi connectivity index (χ1v) is 25.7. The second-order valence-electron chi connectivity index (χ2n) is 26.7. The van der Waals surface area contributed by atoms with Crippen LogP contribution >= 0.6 is 0 Å². The molecule has 0 aromatic heterocycles. The van der Waals surface area contributed by atoms with Crippen LogP contribution in [0.25, 0.3) is 0 Å². The second kappa shape index (κ2) is 13.0. The Morgan fingerprint density at radius 2 is 1.39 bits per heavy atom. The molecule has 0 unspecified atom stereocenters. The van der Waals surface area contributed by atoms with Crippen LogP contribution in [0.3, 0.4) is 0 Å². The SMILES string of the molecule is COC(=O)[C@]1(C)CC[C@]2(C)CC[C@]3(C)C4=CC(=O)c5c(cc6c(c5C)O[C@]5(O)C(=O)C=C7C(=CC[C@H]8[C@@]7(C)CC[C@@]7(C)[C@@H]9C[C@@H](C)C(=O)C[C@]9(C)CC[C@]87C)[C@]5(C)O6)[C@]4(C)CC[C@@]3(C)[C@@H]2C1. The largest absolute Gasteiger partial charge is 0.471 e. The van der Waals surface area contributed by atoms with Gasteiger partial charge in [-0.15, -0.1) is 0 Å². The van der Waals surface area contributed by atoms with E-state index in [4.69, 9.17) is 14.2 Å². The molecule has 1 N–H and O–H groups in total. The van der Waals surface area contributed by atoms with E-state index in [1.807, 2.05) is 26.0 Å². The molecule has 8 heteroatoms. The van der Waals surface area contributed by atoms with Gasteiger partial charge in [-0.3, -0.25) is 19.2 Å².